The number of likely N-dealkylation sites (N-methyl/N-ethyl adjacent to an activating group) is 1. The second-order valence-corrected chi connectivity index (χ2v) is 7.65. The van der Waals surface area contributed by atoms with Crippen molar-refractivity contribution in [3.05, 3.63) is 108 Å². The molecule has 3 aromatic carbocycles. The highest BCUT2D eigenvalue weighted by Crippen LogP contribution is 2.34. The van der Waals surface area contributed by atoms with Crippen molar-refractivity contribution in [1.82, 2.24) is 9.80 Å². The Kier molecular flexibility index (Phi) is 5.94. The van der Waals surface area contributed by atoms with E-state index in [1.807, 2.05) is 97.9 Å². The Morgan fingerprint density at radius 2 is 1.32 bits per heavy atom. The highest BCUT2D eigenvalue weighted by molar-refractivity contribution is 6.13. The summed E-state index contributed by atoms with van der Waals surface area (Å²) in [7, 11) is 1.73. The van der Waals surface area contributed by atoms with Crippen molar-refractivity contribution in [3.8, 4) is 0 Å². The Hall–Kier alpha value is -3.73. The SMILES string of the molecule is C[C@@H]1[C@H](c2ccccc2)N(C(=O)CN=C(c2ccccc2)c2ccccc2)C(=O)N1C. The van der Waals surface area contributed by atoms with Gasteiger partial charge in [-0.05, 0) is 12.5 Å². The third-order valence-corrected chi connectivity index (χ3v) is 5.73. The number of rotatable bonds is 5. The van der Waals surface area contributed by atoms with E-state index in [-0.39, 0.29) is 30.6 Å². The lowest BCUT2D eigenvalue weighted by atomic mass is 10.0. The highest BCUT2D eigenvalue weighted by atomic mass is 16.2. The van der Waals surface area contributed by atoms with Crippen LogP contribution in [0.5, 0.6) is 0 Å². The van der Waals surface area contributed by atoms with Gasteiger partial charge in [-0.3, -0.25) is 14.7 Å². The number of benzene rings is 3. The molecule has 1 fully saturated rings. The summed E-state index contributed by atoms with van der Waals surface area (Å²) < 4.78 is 0. The molecular formula is C26H25N3O2. The smallest absolute Gasteiger partial charge is 0.322 e. The van der Waals surface area contributed by atoms with E-state index in [0.717, 1.165) is 22.4 Å². The lowest BCUT2D eigenvalue weighted by molar-refractivity contribution is -0.127. The number of urea groups is 1. The summed E-state index contributed by atoms with van der Waals surface area (Å²) in [5, 5.41) is 0. The molecule has 0 saturated carbocycles. The normalized spacial score (nSPS) is 18.2. The van der Waals surface area contributed by atoms with Crippen LogP contribution < -0.4 is 0 Å². The molecule has 0 unspecified atom stereocenters. The number of imide groups is 1. The van der Waals surface area contributed by atoms with Crippen molar-refractivity contribution in [1.29, 1.82) is 0 Å². The van der Waals surface area contributed by atoms with Gasteiger partial charge in [-0.15, -0.1) is 0 Å². The van der Waals surface area contributed by atoms with Crippen LogP contribution in [0.1, 0.15) is 29.7 Å². The molecule has 156 valence electrons. The summed E-state index contributed by atoms with van der Waals surface area (Å²) in [4.78, 5) is 33.8. The van der Waals surface area contributed by atoms with Crippen LogP contribution in [-0.2, 0) is 4.79 Å². The van der Waals surface area contributed by atoms with E-state index in [1.54, 1.807) is 11.9 Å². The van der Waals surface area contributed by atoms with E-state index in [4.69, 9.17) is 0 Å². The summed E-state index contributed by atoms with van der Waals surface area (Å²) in [6.45, 7) is 1.86. The maximum Gasteiger partial charge on any atom is 0.327 e. The quantitative estimate of drug-likeness (QED) is 0.579. The lowest BCUT2D eigenvalue weighted by Crippen LogP contribution is -2.38. The predicted molar refractivity (Wildman–Crippen MR) is 122 cm³/mol. The molecule has 0 aliphatic carbocycles. The summed E-state index contributed by atoms with van der Waals surface area (Å²) in [5.74, 6) is -0.306. The van der Waals surface area contributed by atoms with Crippen LogP contribution in [0.3, 0.4) is 0 Å². The molecule has 1 heterocycles. The van der Waals surface area contributed by atoms with Gasteiger partial charge in [0.05, 0.1) is 17.8 Å². The monoisotopic (exact) mass is 411 g/mol. The molecule has 3 aromatic rings. The maximum atomic E-state index is 13.3. The molecule has 0 radical (unpaired) electrons. The molecule has 3 amide bonds. The first-order chi connectivity index (χ1) is 15.1. The van der Waals surface area contributed by atoms with Crippen molar-refractivity contribution in [2.45, 2.75) is 19.0 Å². The van der Waals surface area contributed by atoms with Crippen molar-refractivity contribution in [3.63, 3.8) is 0 Å². The zero-order valence-corrected chi connectivity index (χ0v) is 17.7. The molecule has 5 heteroatoms. The minimum atomic E-state index is -0.335. The lowest BCUT2D eigenvalue weighted by Gasteiger charge is -2.23. The van der Waals surface area contributed by atoms with Crippen molar-refractivity contribution >= 4 is 17.6 Å². The second-order valence-electron chi connectivity index (χ2n) is 7.65. The largest absolute Gasteiger partial charge is 0.327 e. The molecule has 1 aliphatic rings. The predicted octanol–water partition coefficient (Wildman–Crippen LogP) is 4.55. The Morgan fingerprint density at radius 1 is 0.839 bits per heavy atom. The van der Waals surface area contributed by atoms with Gasteiger partial charge in [0.2, 0.25) is 0 Å². The molecule has 31 heavy (non-hydrogen) atoms. The van der Waals surface area contributed by atoms with Gasteiger partial charge in [0, 0.05) is 18.2 Å². The first kappa shape index (κ1) is 20.5. The maximum absolute atomic E-state index is 13.3. The van der Waals surface area contributed by atoms with Gasteiger partial charge in [0.1, 0.15) is 6.54 Å². The fourth-order valence-corrected chi connectivity index (χ4v) is 3.99. The van der Waals surface area contributed by atoms with E-state index in [0.29, 0.717) is 0 Å². The fourth-order valence-electron chi connectivity index (χ4n) is 3.99. The Balaban J connectivity index is 1.66. The van der Waals surface area contributed by atoms with E-state index < -0.39 is 0 Å². The van der Waals surface area contributed by atoms with Crippen LogP contribution in [0, 0.1) is 0 Å². The number of amides is 3. The number of hydrogen-bond acceptors (Lipinski definition) is 3. The molecule has 0 bridgehead atoms. The van der Waals surface area contributed by atoms with E-state index in [9.17, 15) is 9.59 Å². The van der Waals surface area contributed by atoms with E-state index in [1.165, 1.54) is 4.90 Å². The topological polar surface area (TPSA) is 53.0 Å². The highest BCUT2D eigenvalue weighted by Gasteiger charge is 2.45. The van der Waals surface area contributed by atoms with Gasteiger partial charge in [0.25, 0.3) is 5.91 Å². The number of hydrogen-bond donors (Lipinski definition) is 0. The van der Waals surface area contributed by atoms with E-state index in [2.05, 4.69) is 4.99 Å². The van der Waals surface area contributed by atoms with Crippen molar-refractivity contribution in [2.24, 2.45) is 4.99 Å². The fraction of sp³-hybridized carbons (Fsp3) is 0.192. The number of carbonyl (C=O) groups is 2. The minimum absolute atomic E-state index is 0.102. The standard InChI is InChI=1S/C26H25N3O2/c1-19-25(22-16-10-5-11-17-22)29(26(31)28(19)2)23(30)18-27-24(20-12-6-3-7-13-20)21-14-8-4-9-15-21/h3-17,19,25H,18H2,1-2H3/t19-,25-/m1/s1. The van der Waals surface area contributed by atoms with Gasteiger partial charge in [-0.2, -0.15) is 0 Å². The van der Waals surface area contributed by atoms with Gasteiger partial charge < -0.3 is 4.90 Å². The average molecular weight is 412 g/mol. The van der Waals surface area contributed by atoms with Crippen LogP contribution in [0.15, 0.2) is 96.0 Å². The molecule has 5 nitrogen and oxygen atoms in total. The van der Waals surface area contributed by atoms with Crippen molar-refractivity contribution in [2.75, 3.05) is 13.6 Å². The Bertz CT molecular complexity index is 1040. The molecule has 1 aliphatic heterocycles. The third kappa shape index (κ3) is 4.12. The van der Waals surface area contributed by atoms with Crippen LogP contribution in [0.2, 0.25) is 0 Å². The van der Waals surface area contributed by atoms with Crippen LogP contribution in [0.25, 0.3) is 0 Å². The summed E-state index contributed by atoms with van der Waals surface area (Å²) in [6.07, 6.45) is 0. The minimum Gasteiger partial charge on any atom is -0.322 e. The van der Waals surface area contributed by atoms with Gasteiger partial charge in [-0.1, -0.05) is 91.0 Å². The van der Waals surface area contributed by atoms with Crippen molar-refractivity contribution < 1.29 is 9.59 Å². The molecule has 4 rings (SSSR count). The first-order valence-corrected chi connectivity index (χ1v) is 10.4. The Morgan fingerprint density at radius 3 is 1.84 bits per heavy atom. The molecule has 2 atom stereocenters. The molecule has 0 spiro atoms. The third-order valence-electron chi connectivity index (χ3n) is 5.73. The van der Waals surface area contributed by atoms with Gasteiger partial charge in [0.15, 0.2) is 0 Å². The second kappa shape index (κ2) is 8.96. The van der Waals surface area contributed by atoms with E-state index >= 15 is 0 Å². The molecule has 0 aromatic heterocycles. The summed E-state index contributed by atoms with van der Waals surface area (Å²) in [5.41, 5.74) is 3.54. The first-order valence-electron chi connectivity index (χ1n) is 10.4. The average Bonchev–Trinajstić information content (AvgIpc) is 3.05. The Labute approximate surface area is 182 Å². The zero-order chi connectivity index (χ0) is 21.8. The van der Waals surface area contributed by atoms with Gasteiger partial charge in [-0.25, -0.2) is 4.79 Å². The van der Waals surface area contributed by atoms with Crippen LogP contribution >= 0.6 is 0 Å². The summed E-state index contributed by atoms with van der Waals surface area (Å²) >= 11 is 0. The number of carbonyl (C=O) groups excluding carboxylic acids is 2. The van der Waals surface area contributed by atoms with Crippen LogP contribution in [-0.4, -0.2) is 47.1 Å². The molecule has 1 saturated heterocycles. The number of nitrogens with zero attached hydrogens (tertiary/aromatic N) is 3. The number of aliphatic imine (C=N–C) groups is 1. The molecule has 0 N–H and O–H groups in total. The summed E-state index contributed by atoms with van der Waals surface area (Å²) in [6, 6.07) is 28.5. The van der Waals surface area contributed by atoms with Gasteiger partial charge >= 0.3 is 6.03 Å². The zero-order valence-electron chi connectivity index (χ0n) is 17.7. The van der Waals surface area contributed by atoms with Crippen LogP contribution in [0.4, 0.5) is 4.79 Å². The molecular weight excluding hydrogens is 386 g/mol.